The largest absolute Gasteiger partial charge is 0.381 e. The Morgan fingerprint density at radius 3 is 2.33 bits per heavy atom. The summed E-state index contributed by atoms with van der Waals surface area (Å²) in [6, 6.07) is 10.5. The third-order valence-corrected chi connectivity index (χ3v) is 3.57. The van der Waals surface area contributed by atoms with Crippen molar-refractivity contribution in [1.82, 2.24) is 0 Å². The smallest absolute Gasteiger partial charge is 0.159 e. The van der Waals surface area contributed by atoms with Gasteiger partial charge in [0.25, 0.3) is 0 Å². The molecule has 0 saturated carbocycles. The summed E-state index contributed by atoms with van der Waals surface area (Å²) >= 11 is 3.33. The lowest BCUT2D eigenvalue weighted by molar-refractivity contribution is 0.101. The maximum Gasteiger partial charge on any atom is 0.159 e. The van der Waals surface area contributed by atoms with Crippen molar-refractivity contribution in [2.75, 3.05) is 0 Å². The van der Waals surface area contributed by atoms with Crippen LogP contribution in [0.1, 0.15) is 18.1 Å². The summed E-state index contributed by atoms with van der Waals surface area (Å²) in [4.78, 5) is 0. The second-order valence-electron chi connectivity index (χ2n) is 4.18. The van der Waals surface area contributed by atoms with Crippen LogP contribution in [0.4, 0.5) is 8.78 Å². The third-order valence-electron chi connectivity index (χ3n) is 2.88. The Hall–Kier alpha value is -1.26. The van der Waals surface area contributed by atoms with Crippen LogP contribution in [0.15, 0.2) is 46.9 Å². The van der Waals surface area contributed by atoms with E-state index in [-0.39, 0.29) is 0 Å². The fourth-order valence-corrected chi connectivity index (χ4v) is 2.48. The number of hydrogen-bond donors (Lipinski definition) is 1. The molecule has 2 rings (SSSR count). The fraction of sp³-hybridized carbons (Fsp3) is 0.143. The first kappa shape index (κ1) is 13.2. The fourth-order valence-electron chi connectivity index (χ4n) is 1.81. The molecule has 94 valence electrons. The minimum absolute atomic E-state index is 0.299. The number of hydrogen-bond acceptors (Lipinski definition) is 1. The highest BCUT2D eigenvalue weighted by atomic mass is 79.9. The number of halogens is 3. The van der Waals surface area contributed by atoms with Crippen LogP contribution in [0.3, 0.4) is 0 Å². The van der Waals surface area contributed by atoms with E-state index in [0.717, 1.165) is 12.1 Å². The van der Waals surface area contributed by atoms with Gasteiger partial charge in [0, 0.05) is 10.0 Å². The van der Waals surface area contributed by atoms with Gasteiger partial charge in [-0.2, -0.15) is 0 Å². The zero-order chi connectivity index (χ0) is 13.3. The molecule has 0 fully saturated rings. The molecule has 2 aromatic carbocycles. The van der Waals surface area contributed by atoms with Crippen molar-refractivity contribution in [3.05, 3.63) is 69.7 Å². The third kappa shape index (κ3) is 2.31. The van der Waals surface area contributed by atoms with Gasteiger partial charge in [0.1, 0.15) is 5.60 Å². The van der Waals surface area contributed by atoms with Crippen LogP contribution >= 0.6 is 15.9 Å². The van der Waals surface area contributed by atoms with E-state index in [9.17, 15) is 13.9 Å². The zero-order valence-corrected chi connectivity index (χ0v) is 11.2. The Morgan fingerprint density at radius 2 is 1.72 bits per heavy atom. The van der Waals surface area contributed by atoms with Crippen LogP contribution < -0.4 is 0 Å². The second-order valence-corrected chi connectivity index (χ2v) is 5.04. The minimum atomic E-state index is -1.39. The standard InChI is InChI=1S/C14H11BrF2O/c1-14(18,10-4-2-3-5-11(10)15)9-6-7-12(16)13(17)8-9/h2-8,18H,1H3. The lowest BCUT2D eigenvalue weighted by atomic mass is 9.88. The lowest BCUT2D eigenvalue weighted by Crippen LogP contribution is -2.23. The lowest BCUT2D eigenvalue weighted by Gasteiger charge is -2.25. The predicted molar refractivity (Wildman–Crippen MR) is 69.2 cm³/mol. The van der Waals surface area contributed by atoms with Crippen molar-refractivity contribution in [3.8, 4) is 0 Å². The van der Waals surface area contributed by atoms with E-state index >= 15 is 0 Å². The molecule has 0 aliphatic carbocycles. The first-order valence-corrected chi connectivity index (χ1v) is 6.15. The highest BCUT2D eigenvalue weighted by molar-refractivity contribution is 9.10. The molecular weight excluding hydrogens is 302 g/mol. The topological polar surface area (TPSA) is 20.2 Å². The number of aliphatic hydroxyl groups is 1. The molecule has 0 spiro atoms. The summed E-state index contributed by atoms with van der Waals surface area (Å²) in [5, 5.41) is 10.5. The van der Waals surface area contributed by atoms with E-state index in [1.165, 1.54) is 6.07 Å². The van der Waals surface area contributed by atoms with Gasteiger partial charge in [-0.15, -0.1) is 0 Å². The van der Waals surface area contributed by atoms with Gasteiger partial charge >= 0.3 is 0 Å². The van der Waals surface area contributed by atoms with Gasteiger partial charge < -0.3 is 5.11 Å². The minimum Gasteiger partial charge on any atom is -0.381 e. The van der Waals surface area contributed by atoms with Crippen molar-refractivity contribution >= 4 is 15.9 Å². The summed E-state index contributed by atoms with van der Waals surface area (Å²) in [5.74, 6) is -1.90. The molecule has 0 amide bonds. The van der Waals surface area contributed by atoms with Crippen LogP contribution in [0.2, 0.25) is 0 Å². The highest BCUT2D eigenvalue weighted by Gasteiger charge is 2.28. The van der Waals surface area contributed by atoms with Crippen molar-refractivity contribution < 1.29 is 13.9 Å². The van der Waals surface area contributed by atoms with Crippen LogP contribution in [0, 0.1) is 11.6 Å². The molecule has 1 nitrogen and oxygen atoms in total. The number of benzene rings is 2. The first-order valence-electron chi connectivity index (χ1n) is 5.36. The van der Waals surface area contributed by atoms with Gasteiger partial charge in [0.2, 0.25) is 0 Å². The predicted octanol–water partition coefficient (Wildman–Crippen LogP) is 3.98. The molecule has 4 heteroatoms. The van der Waals surface area contributed by atoms with Crippen molar-refractivity contribution in [3.63, 3.8) is 0 Å². The quantitative estimate of drug-likeness (QED) is 0.889. The summed E-state index contributed by atoms with van der Waals surface area (Å²) in [7, 11) is 0. The van der Waals surface area contributed by atoms with E-state index in [2.05, 4.69) is 15.9 Å². The molecule has 0 aliphatic rings. The molecule has 0 saturated heterocycles. The first-order chi connectivity index (χ1) is 8.43. The molecule has 0 aromatic heterocycles. The van der Waals surface area contributed by atoms with Gasteiger partial charge in [0.05, 0.1) is 0 Å². The van der Waals surface area contributed by atoms with Crippen LogP contribution in [0.5, 0.6) is 0 Å². The van der Waals surface area contributed by atoms with Crippen molar-refractivity contribution in [2.24, 2.45) is 0 Å². The molecule has 1 N–H and O–H groups in total. The van der Waals surface area contributed by atoms with Gasteiger partial charge in [-0.1, -0.05) is 40.2 Å². The Balaban J connectivity index is 2.54. The van der Waals surface area contributed by atoms with Gasteiger partial charge in [-0.3, -0.25) is 0 Å². The molecule has 0 radical (unpaired) electrons. The number of rotatable bonds is 2. The van der Waals surface area contributed by atoms with Crippen molar-refractivity contribution in [2.45, 2.75) is 12.5 Å². The van der Waals surface area contributed by atoms with E-state index in [1.807, 2.05) is 6.07 Å². The van der Waals surface area contributed by atoms with Crippen LogP contribution in [-0.4, -0.2) is 5.11 Å². The Kier molecular flexibility index (Phi) is 3.50. The maximum atomic E-state index is 13.2. The zero-order valence-electron chi connectivity index (χ0n) is 9.62. The Morgan fingerprint density at radius 1 is 1.06 bits per heavy atom. The average molecular weight is 313 g/mol. The van der Waals surface area contributed by atoms with E-state index < -0.39 is 17.2 Å². The maximum absolute atomic E-state index is 13.2. The molecule has 0 heterocycles. The van der Waals surface area contributed by atoms with E-state index in [1.54, 1.807) is 25.1 Å². The average Bonchev–Trinajstić information content (AvgIpc) is 2.33. The van der Waals surface area contributed by atoms with Gasteiger partial charge in [0.15, 0.2) is 11.6 Å². The molecule has 0 bridgehead atoms. The summed E-state index contributed by atoms with van der Waals surface area (Å²) in [6.07, 6.45) is 0. The Labute approximate surface area is 112 Å². The van der Waals surface area contributed by atoms with Crippen LogP contribution in [-0.2, 0) is 5.60 Å². The van der Waals surface area contributed by atoms with E-state index in [4.69, 9.17) is 0 Å². The summed E-state index contributed by atoms with van der Waals surface area (Å²) in [6.45, 7) is 1.54. The summed E-state index contributed by atoms with van der Waals surface area (Å²) < 4.78 is 26.8. The monoisotopic (exact) mass is 312 g/mol. The molecule has 1 unspecified atom stereocenters. The molecule has 2 aromatic rings. The normalized spacial score (nSPS) is 14.3. The second kappa shape index (κ2) is 4.78. The molecule has 18 heavy (non-hydrogen) atoms. The van der Waals surface area contributed by atoms with E-state index in [0.29, 0.717) is 15.6 Å². The SMILES string of the molecule is CC(O)(c1ccc(F)c(F)c1)c1ccccc1Br. The summed E-state index contributed by atoms with van der Waals surface area (Å²) in [5.41, 5.74) is -0.501. The Bertz CT molecular complexity index is 582. The molecule has 1 atom stereocenters. The highest BCUT2D eigenvalue weighted by Crippen LogP contribution is 2.34. The molecular formula is C14H11BrF2O. The van der Waals surface area contributed by atoms with Gasteiger partial charge in [-0.25, -0.2) is 8.78 Å². The molecule has 0 aliphatic heterocycles. The van der Waals surface area contributed by atoms with Crippen LogP contribution in [0.25, 0.3) is 0 Å². The van der Waals surface area contributed by atoms with Crippen molar-refractivity contribution in [1.29, 1.82) is 0 Å². The van der Waals surface area contributed by atoms with Gasteiger partial charge in [-0.05, 0) is 30.7 Å².